The highest BCUT2D eigenvalue weighted by Gasteiger charge is 2.20. The monoisotopic (exact) mass is 373 g/mol. The Labute approximate surface area is 154 Å². The zero-order chi connectivity index (χ0) is 19.6. The van der Waals surface area contributed by atoms with Gasteiger partial charge in [-0.3, -0.25) is 4.79 Å². The van der Waals surface area contributed by atoms with Crippen molar-refractivity contribution in [1.29, 1.82) is 0 Å². The number of amides is 2. The number of rotatable bonds is 7. The van der Waals surface area contributed by atoms with E-state index in [1.807, 2.05) is 6.07 Å². The van der Waals surface area contributed by atoms with Crippen LogP contribution in [0.2, 0.25) is 0 Å². The van der Waals surface area contributed by atoms with E-state index in [1.165, 1.54) is 12.1 Å². The van der Waals surface area contributed by atoms with Crippen molar-refractivity contribution in [3.05, 3.63) is 59.7 Å². The molecule has 0 saturated carbocycles. The molecule has 2 rings (SSSR count). The molecule has 0 radical (unpaired) electrons. The summed E-state index contributed by atoms with van der Waals surface area (Å²) in [5.41, 5.74) is 3.16. The van der Waals surface area contributed by atoms with Gasteiger partial charge in [0.25, 0.3) is 5.91 Å². The van der Waals surface area contributed by atoms with Gasteiger partial charge in [-0.15, -0.1) is 0 Å². The first-order valence-electron chi connectivity index (χ1n) is 7.92. The van der Waals surface area contributed by atoms with Gasteiger partial charge in [-0.25, -0.2) is 10.2 Å². The summed E-state index contributed by atoms with van der Waals surface area (Å²) in [7, 11) is 0. The molecule has 1 atom stereocenters. The van der Waals surface area contributed by atoms with Gasteiger partial charge in [-0.05, 0) is 17.7 Å². The highest BCUT2D eigenvalue weighted by Crippen LogP contribution is 2.20. The summed E-state index contributed by atoms with van der Waals surface area (Å²) >= 11 is 0. The summed E-state index contributed by atoms with van der Waals surface area (Å²) in [5, 5.41) is 33.9. The van der Waals surface area contributed by atoms with Gasteiger partial charge in [0.1, 0.15) is 24.1 Å². The average Bonchev–Trinajstić information content (AvgIpc) is 2.67. The number of nitrogens with one attached hydrogen (secondary N) is 2. The molecule has 9 heteroatoms. The van der Waals surface area contributed by atoms with Crippen LogP contribution in [0.15, 0.2) is 53.6 Å². The summed E-state index contributed by atoms with van der Waals surface area (Å²) < 4.78 is 4.97. The highest BCUT2D eigenvalue weighted by atomic mass is 16.5. The van der Waals surface area contributed by atoms with Crippen LogP contribution in [0.4, 0.5) is 4.79 Å². The van der Waals surface area contributed by atoms with Crippen molar-refractivity contribution in [2.45, 2.75) is 12.6 Å². The topological polar surface area (TPSA) is 140 Å². The second kappa shape index (κ2) is 9.78. The second-order valence-corrected chi connectivity index (χ2v) is 5.42. The van der Waals surface area contributed by atoms with Crippen molar-refractivity contribution in [2.24, 2.45) is 5.10 Å². The number of phenols is 2. The van der Waals surface area contributed by atoms with Gasteiger partial charge in [-0.2, -0.15) is 5.10 Å². The molecule has 0 spiro atoms. The lowest BCUT2D eigenvalue weighted by Gasteiger charge is -2.14. The number of phenolic OH excluding ortho intramolecular Hbond substituents is 2. The minimum absolute atomic E-state index is 0.0186. The van der Waals surface area contributed by atoms with Gasteiger partial charge in [-0.1, -0.05) is 30.3 Å². The number of ether oxygens (including phenoxy) is 1. The molecule has 0 fully saturated rings. The van der Waals surface area contributed by atoms with Crippen LogP contribution in [0, 0.1) is 0 Å². The molecule has 27 heavy (non-hydrogen) atoms. The standard InChI is InChI=1S/C18H19N3O6/c22-10-15(20-18(26)27-11-12-4-2-1-3-5-12)17(25)21-19-9-13-6-7-14(23)8-16(13)24/h1-9,15,22-24H,10-11H2,(H,20,26)(H,21,25)/b19-9+/t15-/m0/s1. The van der Waals surface area contributed by atoms with E-state index in [-0.39, 0.29) is 23.7 Å². The van der Waals surface area contributed by atoms with Crippen LogP contribution in [0.5, 0.6) is 11.5 Å². The van der Waals surface area contributed by atoms with Crippen LogP contribution >= 0.6 is 0 Å². The molecule has 0 unspecified atom stereocenters. The van der Waals surface area contributed by atoms with Gasteiger partial charge < -0.3 is 25.4 Å². The van der Waals surface area contributed by atoms with E-state index in [0.29, 0.717) is 0 Å². The number of hydrazone groups is 1. The Bertz CT molecular complexity index is 810. The fourth-order valence-electron chi connectivity index (χ4n) is 1.99. The Kier molecular flexibility index (Phi) is 7.15. The molecule has 2 amide bonds. The third-order valence-corrected chi connectivity index (χ3v) is 3.40. The lowest BCUT2D eigenvalue weighted by molar-refractivity contribution is -0.123. The minimum Gasteiger partial charge on any atom is -0.508 e. The van der Waals surface area contributed by atoms with Crippen molar-refractivity contribution in [3.8, 4) is 11.5 Å². The first-order chi connectivity index (χ1) is 13.0. The molecule has 9 nitrogen and oxygen atoms in total. The second-order valence-electron chi connectivity index (χ2n) is 5.42. The zero-order valence-electron chi connectivity index (χ0n) is 14.2. The number of alkyl carbamates (subject to hydrolysis) is 1. The van der Waals surface area contributed by atoms with E-state index < -0.39 is 24.6 Å². The number of nitrogens with zero attached hydrogens (tertiary/aromatic N) is 1. The molecule has 0 heterocycles. The van der Waals surface area contributed by atoms with Crippen LogP contribution in [0.1, 0.15) is 11.1 Å². The van der Waals surface area contributed by atoms with E-state index in [4.69, 9.17) is 4.74 Å². The van der Waals surface area contributed by atoms with E-state index in [2.05, 4.69) is 15.8 Å². The molecule has 0 aliphatic carbocycles. The number of hydrogen-bond donors (Lipinski definition) is 5. The fraction of sp³-hybridized carbons (Fsp3) is 0.167. The maximum absolute atomic E-state index is 12.0. The Morgan fingerprint density at radius 3 is 2.56 bits per heavy atom. The van der Waals surface area contributed by atoms with Crippen LogP contribution in [-0.2, 0) is 16.1 Å². The number of aromatic hydroxyl groups is 2. The Balaban J connectivity index is 1.83. The summed E-state index contributed by atoms with van der Waals surface area (Å²) in [4.78, 5) is 23.7. The lowest BCUT2D eigenvalue weighted by atomic mass is 10.2. The largest absolute Gasteiger partial charge is 0.508 e. The van der Waals surface area contributed by atoms with E-state index in [1.54, 1.807) is 24.3 Å². The predicted octanol–water partition coefficient (Wildman–Crippen LogP) is 0.835. The van der Waals surface area contributed by atoms with E-state index in [0.717, 1.165) is 17.8 Å². The minimum atomic E-state index is -1.26. The van der Waals surface area contributed by atoms with Crippen LogP contribution in [-0.4, -0.2) is 46.2 Å². The van der Waals surface area contributed by atoms with Gasteiger partial charge in [0.15, 0.2) is 0 Å². The maximum atomic E-state index is 12.0. The van der Waals surface area contributed by atoms with Crippen molar-refractivity contribution >= 4 is 18.2 Å². The first kappa shape index (κ1) is 19.7. The Hall–Kier alpha value is -3.59. The third kappa shape index (κ3) is 6.33. The van der Waals surface area contributed by atoms with Gasteiger partial charge in [0.05, 0.1) is 12.8 Å². The lowest BCUT2D eigenvalue weighted by Crippen LogP contribution is -2.47. The van der Waals surface area contributed by atoms with Gasteiger partial charge in [0, 0.05) is 11.6 Å². The predicted molar refractivity (Wildman–Crippen MR) is 96.1 cm³/mol. The van der Waals surface area contributed by atoms with Gasteiger partial charge in [0.2, 0.25) is 0 Å². The molecule has 2 aromatic rings. The fourth-order valence-corrected chi connectivity index (χ4v) is 1.99. The third-order valence-electron chi connectivity index (χ3n) is 3.40. The van der Waals surface area contributed by atoms with Crippen molar-refractivity contribution < 1.29 is 29.6 Å². The van der Waals surface area contributed by atoms with Crippen LogP contribution in [0.25, 0.3) is 0 Å². The summed E-state index contributed by atoms with van der Waals surface area (Å²) in [5.74, 6) is -1.12. The number of benzene rings is 2. The molecule has 5 N–H and O–H groups in total. The van der Waals surface area contributed by atoms with E-state index >= 15 is 0 Å². The Morgan fingerprint density at radius 1 is 1.15 bits per heavy atom. The summed E-state index contributed by atoms with van der Waals surface area (Å²) in [6.07, 6.45) is 0.280. The van der Waals surface area contributed by atoms with Gasteiger partial charge >= 0.3 is 6.09 Å². The molecule has 0 saturated heterocycles. The van der Waals surface area contributed by atoms with Crippen LogP contribution in [0.3, 0.4) is 0 Å². The number of aliphatic hydroxyl groups excluding tert-OH is 1. The smallest absolute Gasteiger partial charge is 0.408 e. The highest BCUT2D eigenvalue weighted by molar-refractivity contribution is 5.88. The number of carbonyl (C=O) groups excluding carboxylic acids is 2. The molecule has 142 valence electrons. The number of hydrogen-bond acceptors (Lipinski definition) is 7. The first-order valence-corrected chi connectivity index (χ1v) is 7.92. The molecule has 0 aliphatic heterocycles. The molecule has 2 aromatic carbocycles. The Morgan fingerprint density at radius 2 is 1.89 bits per heavy atom. The molecular weight excluding hydrogens is 354 g/mol. The van der Waals surface area contributed by atoms with E-state index in [9.17, 15) is 24.9 Å². The summed E-state index contributed by atoms with van der Waals surface area (Å²) in [6, 6.07) is 11.5. The molecular formula is C18H19N3O6. The van der Waals surface area contributed by atoms with Crippen molar-refractivity contribution in [2.75, 3.05) is 6.61 Å². The number of carbonyl (C=O) groups is 2. The molecule has 0 aromatic heterocycles. The number of aliphatic hydroxyl groups is 1. The van der Waals surface area contributed by atoms with Crippen molar-refractivity contribution in [3.63, 3.8) is 0 Å². The molecule has 0 aliphatic rings. The van der Waals surface area contributed by atoms with Crippen molar-refractivity contribution in [1.82, 2.24) is 10.7 Å². The van der Waals surface area contributed by atoms with Crippen LogP contribution < -0.4 is 10.7 Å². The quantitative estimate of drug-likeness (QED) is 0.360. The molecule has 0 bridgehead atoms. The zero-order valence-corrected chi connectivity index (χ0v) is 14.2. The maximum Gasteiger partial charge on any atom is 0.408 e. The SMILES string of the molecule is O=C(N[C@@H](CO)C(=O)N/N=C/c1ccc(O)cc1O)OCc1ccccc1. The normalized spacial score (nSPS) is 11.7. The summed E-state index contributed by atoms with van der Waals surface area (Å²) in [6.45, 7) is -0.642. The average molecular weight is 373 g/mol.